The Morgan fingerprint density at radius 3 is 2.79 bits per heavy atom. The Hall–Kier alpha value is -1.20. The molecule has 0 saturated carbocycles. The van der Waals surface area contributed by atoms with Crippen LogP contribution in [0.1, 0.15) is 32.1 Å². The molecule has 5 heteroatoms. The molecule has 0 aliphatic rings. The topological polar surface area (TPSA) is 47.9 Å². The summed E-state index contributed by atoms with van der Waals surface area (Å²) in [5.41, 5.74) is -0.342. The highest BCUT2D eigenvalue weighted by Crippen LogP contribution is 2.21. The van der Waals surface area contributed by atoms with E-state index in [0.717, 1.165) is 6.42 Å². The molecule has 1 heterocycles. The number of carbonyl (C=O) groups is 1. The summed E-state index contributed by atoms with van der Waals surface area (Å²) < 4.78 is 0. The van der Waals surface area contributed by atoms with Crippen LogP contribution in [-0.2, 0) is 21.0 Å². The van der Waals surface area contributed by atoms with Crippen LogP contribution in [0, 0.1) is 5.41 Å². The second-order valence-electron chi connectivity index (χ2n) is 5.33. The summed E-state index contributed by atoms with van der Waals surface area (Å²) in [5, 5.41) is 2.02. The van der Waals surface area contributed by atoms with Crippen LogP contribution in [0.3, 0.4) is 0 Å². The predicted octanol–water partition coefficient (Wildman–Crippen LogP) is 3.27. The summed E-state index contributed by atoms with van der Waals surface area (Å²) in [7, 11) is 1.42. The molecule has 106 valence electrons. The number of ketones is 1. The molecule has 0 aliphatic carbocycles. The van der Waals surface area contributed by atoms with Gasteiger partial charge in [-0.1, -0.05) is 26.8 Å². The summed E-state index contributed by atoms with van der Waals surface area (Å²) in [6.45, 7) is 5.77. The Morgan fingerprint density at radius 1 is 1.53 bits per heavy atom. The van der Waals surface area contributed by atoms with E-state index in [1.54, 1.807) is 11.3 Å². The third-order valence-electron chi connectivity index (χ3n) is 2.69. The summed E-state index contributed by atoms with van der Waals surface area (Å²) in [4.78, 5) is 26.7. The van der Waals surface area contributed by atoms with Crippen LogP contribution < -0.4 is 0 Å². The highest BCUT2D eigenvalue weighted by molar-refractivity contribution is 7.09. The minimum absolute atomic E-state index is 0.111. The van der Waals surface area contributed by atoms with Crippen molar-refractivity contribution in [3.05, 3.63) is 22.4 Å². The molecule has 0 N–H and O–H groups in total. The van der Waals surface area contributed by atoms with Gasteiger partial charge >= 0.3 is 0 Å². The Morgan fingerprint density at radius 2 is 2.26 bits per heavy atom. The number of hydrogen-bond donors (Lipinski definition) is 0. The van der Waals surface area contributed by atoms with Gasteiger partial charge in [-0.05, 0) is 11.4 Å². The van der Waals surface area contributed by atoms with Crippen LogP contribution in [0.5, 0.6) is 0 Å². The summed E-state index contributed by atoms with van der Waals surface area (Å²) in [6, 6.07) is 3.93. The Labute approximate surface area is 118 Å². The zero-order valence-corrected chi connectivity index (χ0v) is 12.7. The number of Topliss-reactive ketones (excluding diaryl/α,β-unsaturated/α-hetero) is 1. The number of carbonyl (C=O) groups excluding carboxylic acids is 1. The van der Waals surface area contributed by atoms with Crippen LogP contribution >= 0.6 is 11.3 Å². The molecule has 0 aromatic carbocycles. The molecule has 1 aromatic rings. The van der Waals surface area contributed by atoms with Crippen LogP contribution in [0.2, 0.25) is 0 Å². The van der Waals surface area contributed by atoms with E-state index in [0.29, 0.717) is 6.42 Å². The maximum Gasteiger partial charge on any atom is 0.215 e. The van der Waals surface area contributed by atoms with E-state index in [4.69, 9.17) is 0 Å². The van der Waals surface area contributed by atoms with E-state index in [1.807, 2.05) is 38.3 Å². The van der Waals surface area contributed by atoms with E-state index in [2.05, 4.69) is 14.8 Å². The molecule has 0 saturated heterocycles. The van der Waals surface area contributed by atoms with Crippen molar-refractivity contribution < 1.29 is 14.6 Å². The van der Waals surface area contributed by atoms with Gasteiger partial charge in [0.2, 0.25) is 6.40 Å². The first-order chi connectivity index (χ1) is 8.93. The largest absolute Gasteiger partial charge is 0.326 e. The standard InChI is InChI=1S/C14H21NO3S/c1-14(2,3)13(16)9-11(15-10-18-17-4)8-12-6-5-7-19-12/h5-7,10-11H,8-9H2,1-4H3/b15-10+/t11-/m1/s1. The highest BCUT2D eigenvalue weighted by Gasteiger charge is 2.24. The molecule has 0 bridgehead atoms. The SMILES string of the molecule is COO/C=N/[C@@H](CC(=O)C(C)(C)C)Cc1cccs1. The lowest BCUT2D eigenvalue weighted by Crippen LogP contribution is -2.25. The minimum Gasteiger partial charge on any atom is -0.326 e. The molecular formula is C14H21NO3S. The number of aliphatic imine (C=N–C) groups is 1. The lowest BCUT2D eigenvalue weighted by molar-refractivity contribution is -0.188. The van der Waals surface area contributed by atoms with Gasteiger partial charge in [0.05, 0.1) is 13.2 Å². The molecule has 0 spiro atoms. The van der Waals surface area contributed by atoms with Crippen molar-refractivity contribution in [1.82, 2.24) is 0 Å². The van der Waals surface area contributed by atoms with E-state index < -0.39 is 0 Å². The first-order valence-electron chi connectivity index (χ1n) is 6.20. The molecule has 0 fully saturated rings. The van der Waals surface area contributed by atoms with Gasteiger partial charge in [0, 0.05) is 23.1 Å². The quantitative estimate of drug-likeness (QED) is 0.334. The van der Waals surface area contributed by atoms with Gasteiger partial charge in [-0.15, -0.1) is 11.3 Å². The molecule has 1 aromatic heterocycles. The maximum absolute atomic E-state index is 12.1. The Bertz CT molecular complexity index is 407. The van der Waals surface area contributed by atoms with Crippen LogP contribution in [0.4, 0.5) is 0 Å². The van der Waals surface area contributed by atoms with Gasteiger partial charge in [-0.2, -0.15) is 4.89 Å². The fourth-order valence-electron chi connectivity index (χ4n) is 1.51. The smallest absolute Gasteiger partial charge is 0.215 e. The number of rotatable bonds is 7. The van der Waals surface area contributed by atoms with Crippen molar-refractivity contribution in [1.29, 1.82) is 0 Å². The lowest BCUT2D eigenvalue weighted by atomic mass is 9.86. The van der Waals surface area contributed by atoms with Gasteiger partial charge in [-0.3, -0.25) is 9.79 Å². The first-order valence-corrected chi connectivity index (χ1v) is 7.08. The third kappa shape index (κ3) is 5.98. The summed E-state index contributed by atoms with van der Waals surface area (Å²) in [6.07, 6.45) is 2.41. The average molecular weight is 283 g/mol. The van der Waals surface area contributed by atoms with Crippen molar-refractivity contribution in [2.75, 3.05) is 7.11 Å². The maximum atomic E-state index is 12.1. The number of thiophene rings is 1. The molecule has 1 atom stereocenters. The van der Waals surface area contributed by atoms with E-state index in [9.17, 15) is 4.79 Å². The molecular weight excluding hydrogens is 262 g/mol. The second kappa shape index (κ2) is 7.40. The molecule has 0 amide bonds. The Kier molecular flexibility index (Phi) is 6.18. The molecule has 4 nitrogen and oxygen atoms in total. The summed E-state index contributed by atoms with van der Waals surface area (Å²) in [5.74, 6) is 0.198. The van der Waals surface area contributed by atoms with Crippen molar-refractivity contribution in [2.24, 2.45) is 10.4 Å². The summed E-state index contributed by atoms with van der Waals surface area (Å²) >= 11 is 1.67. The molecule has 0 radical (unpaired) electrons. The van der Waals surface area contributed by atoms with E-state index in [-0.39, 0.29) is 17.2 Å². The first kappa shape index (κ1) is 15.9. The van der Waals surface area contributed by atoms with Gasteiger partial charge in [0.15, 0.2) is 0 Å². The normalized spacial score (nSPS) is 13.7. The van der Waals surface area contributed by atoms with Crippen molar-refractivity contribution >= 4 is 23.5 Å². The van der Waals surface area contributed by atoms with Gasteiger partial charge in [0.1, 0.15) is 5.78 Å². The zero-order valence-electron chi connectivity index (χ0n) is 11.9. The van der Waals surface area contributed by atoms with Gasteiger partial charge in [0.25, 0.3) is 0 Å². The van der Waals surface area contributed by atoms with E-state index in [1.165, 1.54) is 18.4 Å². The number of nitrogens with zero attached hydrogens (tertiary/aromatic N) is 1. The van der Waals surface area contributed by atoms with E-state index >= 15 is 0 Å². The molecule has 1 rings (SSSR count). The highest BCUT2D eigenvalue weighted by atomic mass is 32.1. The fourth-order valence-corrected chi connectivity index (χ4v) is 2.29. The third-order valence-corrected chi connectivity index (χ3v) is 3.58. The lowest BCUT2D eigenvalue weighted by Gasteiger charge is -2.19. The van der Waals surface area contributed by atoms with Gasteiger partial charge < -0.3 is 4.89 Å². The predicted molar refractivity (Wildman–Crippen MR) is 77.5 cm³/mol. The monoisotopic (exact) mass is 283 g/mol. The molecule has 0 unspecified atom stereocenters. The molecule has 19 heavy (non-hydrogen) atoms. The minimum atomic E-state index is -0.342. The second-order valence-corrected chi connectivity index (χ2v) is 6.36. The zero-order chi connectivity index (χ0) is 14.3. The number of hydrogen-bond acceptors (Lipinski definition) is 5. The fraction of sp³-hybridized carbons (Fsp3) is 0.571. The van der Waals surface area contributed by atoms with Crippen LogP contribution in [0.25, 0.3) is 0 Å². The molecule has 0 aliphatic heterocycles. The Balaban J connectivity index is 2.66. The van der Waals surface area contributed by atoms with Crippen LogP contribution in [0.15, 0.2) is 22.5 Å². The van der Waals surface area contributed by atoms with Crippen molar-refractivity contribution in [3.63, 3.8) is 0 Å². The van der Waals surface area contributed by atoms with Crippen LogP contribution in [-0.4, -0.2) is 25.3 Å². The van der Waals surface area contributed by atoms with Crippen molar-refractivity contribution in [2.45, 2.75) is 39.7 Å². The van der Waals surface area contributed by atoms with Gasteiger partial charge in [-0.25, -0.2) is 0 Å². The average Bonchev–Trinajstić information content (AvgIpc) is 2.80. The van der Waals surface area contributed by atoms with Crippen molar-refractivity contribution in [3.8, 4) is 0 Å².